The molecule has 2 heterocycles. The van der Waals surface area contributed by atoms with Gasteiger partial charge in [-0.1, -0.05) is 18.2 Å². The van der Waals surface area contributed by atoms with Crippen LogP contribution in [0.25, 0.3) is 5.69 Å². The smallest absolute Gasteiger partial charge is 0.228 e. The molecule has 25 heavy (non-hydrogen) atoms. The molecule has 0 N–H and O–H groups in total. The Morgan fingerprint density at radius 1 is 1.44 bits per heavy atom. The van der Waals surface area contributed by atoms with E-state index in [1.807, 2.05) is 13.0 Å². The average Bonchev–Trinajstić information content (AvgIpc) is 2.98. The predicted octanol–water partition coefficient (Wildman–Crippen LogP) is 2.66. The number of pyridine rings is 1. The van der Waals surface area contributed by atoms with Crippen molar-refractivity contribution in [3.63, 3.8) is 0 Å². The number of carbonyl (C=O) groups is 2. The van der Waals surface area contributed by atoms with E-state index in [-0.39, 0.29) is 29.9 Å². The second-order valence-electron chi connectivity index (χ2n) is 5.24. The summed E-state index contributed by atoms with van der Waals surface area (Å²) in [7, 11) is 0. The number of nitrogens with zero attached hydrogens (tertiary/aromatic N) is 5. The highest BCUT2D eigenvalue weighted by molar-refractivity contribution is 6.32. The van der Waals surface area contributed by atoms with E-state index in [0.29, 0.717) is 12.2 Å². The number of rotatable bonds is 7. The highest BCUT2D eigenvalue weighted by atomic mass is 35.5. The van der Waals surface area contributed by atoms with Gasteiger partial charge in [-0.05, 0) is 25.3 Å². The molecule has 8 heteroatoms. The van der Waals surface area contributed by atoms with Crippen LogP contribution in [0.3, 0.4) is 0 Å². The quantitative estimate of drug-likeness (QED) is 0.760. The standard InChI is InChI=1S/C17H20ClN5O2/c1-4-21(13(3)24)10-8-16(25)22(5-2)15-12-23(20-17(15)18)14-7-6-9-19-11-14/h4,6-7,9,11-12H,1,5,8,10H2,2-3H3. The fourth-order valence-corrected chi connectivity index (χ4v) is 2.59. The predicted molar refractivity (Wildman–Crippen MR) is 96.6 cm³/mol. The molecule has 7 nitrogen and oxygen atoms in total. The summed E-state index contributed by atoms with van der Waals surface area (Å²) in [5, 5.41) is 4.47. The van der Waals surface area contributed by atoms with E-state index in [2.05, 4.69) is 16.7 Å². The lowest BCUT2D eigenvalue weighted by Crippen LogP contribution is -2.34. The van der Waals surface area contributed by atoms with Gasteiger partial charge in [-0.25, -0.2) is 4.68 Å². The fraction of sp³-hybridized carbons (Fsp3) is 0.294. The first-order valence-corrected chi connectivity index (χ1v) is 8.21. The molecule has 0 bridgehead atoms. The first-order chi connectivity index (χ1) is 12.0. The van der Waals surface area contributed by atoms with Gasteiger partial charge < -0.3 is 9.80 Å². The second-order valence-corrected chi connectivity index (χ2v) is 5.60. The molecule has 0 aliphatic heterocycles. The van der Waals surface area contributed by atoms with Crippen LogP contribution < -0.4 is 4.90 Å². The molecule has 2 aromatic heterocycles. The zero-order chi connectivity index (χ0) is 18.4. The van der Waals surface area contributed by atoms with Gasteiger partial charge in [0.15, 0.2) is 5.15 Å². The molecule has 0 unspecified atom stereocenters. The van der Waals surface area contributed by atoms with Crippen molar-refractivity contribution in [1.29, 1.82) is 0 Å². The van der Waals surface area contributed by atoms with Gasteiger partial charge in [-0.3, -0.25) is 14.6 Å². The summed E-state index contributed by atoms with van der Waals surface area (Å²) >= 11 is 6.23. The van der Waals surface area contributed by atoms with Crippen molar-refractivity contribution in [2.24, 2.45) is 0 Å². The zero-order valence-corrected chi connectivity index (χ0v) is 15.0. The van der Waals surface area contributed by atoms with Gasteiger partial charge in [0.1, 0.15) is 5.69 Å². The molecule has 0 fully saturated rings. The Morgan fingerprint density at radius 3 is 2.76 bits per heavy atom. The number of aromatic nitrogens is 3. The lowest BCUT2D eigenvalue weighted by molar-refractivity contribution is -0.126. The van der Waals surface area contributed by atoms with E-state index >= 15 is 0 Å². The van der Waals surface area contributed by atoms with Gasteiger partial charge in [0.2, 0.25) is 11.8 Å². The molecule has 2 rings (SSSR count). The molecule has 132 valence electrons. The van der Waals surface area contributed by atoms with Crippen LogP contribution in [0, 0.1) is 0 Å². The van der Waals surface area contributed by atoms with Gasteiger partial charge >= 0.3 is 0 Å². The molecule has 0 aliphatic rings. The average molecular weight is 362 g/mol. The molecule has 0 radical (unpaired) electrons. The molecular weight excluding hydrogens is 342 g/mol. The summed E-state index contributed by atoms with van der Waals surface area (Å²) in [6.07, 6.45) is 6.59. The third kappa shape index (κ3) is 4.45. The summed E-state index contributed by atoms with van der Waals surface area (Å²) in [6, 6.07) is 3.63. The van der Waals surface area contributed by atoms with E-state index in [0.717, 1.165) is 5.69 Å². The van der Waals surface area contributed by atoms with Crippen molar-refractivity contribution in [2.75, 3.05) is 18.0 Å². The van der Waals surface area contributed by atoms with Gasteiger partial charge in [-0.15, -0.1) is 0 Å². The highest BCUT2D eigenvalue weighted by Crippen LogP contribution is 2.26. The number of carbonyl (C=O) groups excluding carboxylic acids is 2. The highest BCUT2D eigenvalue weighted by Gasteiger charge is 2.21. The second kappa shape index (κ2) is 8.43. The molecular formula is C17H20ClN5O2. The normalized spacial score (nSPS) is 10.4. The Bertz CT molecular complexity index is 760. The molecule has 0 spiro atoms. The third-order valence-electron chi connectivity index (χ3n) is 3.66. The lowest BCUT2D eigenvalue weighted by atomic mass is 10.3. The molecule has 0 atom stereocenters. The van der Waals surface area contributed by atoms with Crippen molar-refractivity contribution < 1.29 is 9.59 Å². The van der Waals surface area contributed by atoms with Crippen LogP contribution in [0.1, 0.15) is 20.3 Å². The van der Waals surface area contributed by atoms with Crippen molar-refractivity contribution in [1.82, 2.24) is 19.7 Å². The SMILES string of the molecule is C=CN(CCC(=O)N(CC)c1cn(-c2cccnc2)nc1Cl)C(C)=O. The minimum Gasteiger partial charge on any atom is -0.319 e. The van der Waals surface area contributed by atoms with Crippen LogP contribution >= 0.6 is 11.6 Å². The Morgan fingerprint density at radius 2 is 2.20 bits per heavy atom. The largest absolute Gasteiger partial charge is 0.319 e. The van der Waals surface area contributed by atoms with Crippen LogP contribution in [0.5, 0.6) is 0 Å². The fourth-order valence-electron chi connectivity index (χ4n) is 2.36. The maximum Gasteiger partial charge on any atom is 0.228 e. The number of hydrogen-bond donors (Lipinski definition) is 0. The summed E-state index contributed by atoms with van der Waals surface area (Å²) in [4.78, 5) is 30.9. The van der Waals surface area contributed by atoms with Crippen molar-refractivity contribution in [2.45, 2.75) is 20.3 Å². The van der Waals surface area contributed by atoms with Crippen LogP contribution in [0.15, 0.2) is 43.5 Å². The maximum absolute atomic E-state index is 12.6. The number of halogens is 1. The summed E-state index contributed by atoms with van der Waals surface area (Å²) in [5.41, 5.74) is 1.26. The van der Waals surface area contributed by atoms with Gasteiger partial charge in [0.25, 0.3) is 0 Å². The van der Waals surface area contributed by atoms with Crippen LogP contribution in [-0.4, -0.2) is 44.6 Å². The van der Waals surface area contributed by atoms with Gasteiger partial charge in [-0.2, -0.15) is 5.10 Å². The van der Waals surface area contributed by atoms with E-state index in [1.165, 1.54) is 18.0 Å². The van der Waals surface area contributed by atoms with E-state index < -0.39 is 0 Å². The maximum atomic E-state index is 12.6. The number of hydrogen-bond acceptors (Lipinski definition) is 4. The molecule has 2 amide bonds. The monoisotopic (exact) mass is 361 g/mol. The van der Waals surface area contributed by atoms with Gasteiger partial charge in [0.05, 0.1) is 18.1 Å². The first-order valence-electron chi connectivity index (χ1n) is 7.83. The molecule has 0 saturated heterocycles. The Kier molecular flexibility index (Phi) is 6.30. The van der Waals surface area contributed by atoms with Gasteiger partial charge in [0, 0.05) is 32.6 Å². The van der Waals surface area contributed by atoms with E-state index in [4.69, 9.17) is 11.6 Å². The van der Waals surface area contributed by atoms with E-state index in [9.17, 15) is 9.59 Å². The minimum absolute atomic E-state index is 0.150. The van der Waals surface area contributed by atoms with Crippen LogP contribution in [0.4, 0.5) is 5.69 Å². The summed E-state index contributed by atoms with van der Waals surface area (Å²) in [5.74, 6) is -0.309. The van der Waals surface area contributed by atoms with Crippen molar-refractivity contribution in [3.05, 3.63) is 48.7 Å². The molecule has 0 aliphatic carbocycles. The first kappa shape index (κ1) is 18.7. The molecule has 2 aromatic rings. The topological polar surface area (TPSA) is 71.3 Å². The summed E-state index contributed by atoms with van der Waals surface area (Å²) in [6.45, 7) is 7.56. The Balaban J connectivity index is 2.17. The van der Waals surface area contributed by atoms with Crippen LogP contribution in [-0.2, 0) is 9.59 Å². The molecule has 0 saturated carbocycles. The zero-order valence-electron chi connectivity index (χ0n) is 14.2. The van der Waals surface area contributed by atoms with Crippen molar-refractivity contribution >= 4 is 29.1 Å². The summed E-state index contributed by atoms with van der Waals surface area (Å²) < 4.78 is 1.58. The molecule has 0 aromatic carbocycles. The Labute approximate surface area is 151 Å². The minimum atomic E-state index is -0.159. The number of anilines is 1. The van der Waals surface area contributed by atoms with E-state index in [1.54, 1.807) is 34.2 Å². The lowest BCUT2D eigenvalue weighted by Gasteiger charge is -2.21. The van der Waals surface area contributed by atoms with Crippen LogP contribution in [0.2, 0.25) is 5.15 Å². The Hall–Kier alpha value is -2.67. The number of amides is 2. The van der Waals surface area contributed by atoms with Crippen molar-refractivity contribution in [3.8, 4) is 5.69 Å². The third-order valence-corrected chi connectivity index (χ3v) is 3.93.